The summed E-state index contributed by atoms with van der Waals surface area (Å²) in [4.78, 5) is 4.27. The van der Waals surface area contributed by atoms with E-state index >= 15 is 0 Å². The van der Waals surface area contributed by atoms with Gasteiger partial charge in [0.15, 0.2) is 0 Å². The van der Waals surface area contributed by atoms with Crippen molar-refractivity contribution in [3.05, 3.63) is 30.2 Å². The first-order valence-electron chi connectivity index (χ1n) is 4.94. The summed E-state index contributed by atoms with van der Waals surface area (Å²) in [7, 11) is 1.88. The van der Waals surface area contributed by atoms with Crippen LogP contribution < -0.4 is 5.32 Å². The summed E-state index contributed by atoms with van der Waals surface area (Å²) < 4.78 is 5.06. The normalized spacial score (nSPS) is 10.3. The lowest BCUT2D eigenvalue weighted by Crippen LogP contribution is -1.88. The lowest BCUT2D eigenvalue weighted by molar-refractivity contribution is 0.383. The Labute approximate surface area is 88.3 Å². The molecule has 0 radical (unpaired) electrons. The summed E-state index contributed by atoms with van der Waals surface area (Å²) in [5.74, 6) is 1.31. The average Bonchev–Trinajstić information content (AvgIpc) is 2.78. The Kier molecular flexibility index (Phi) is 2.67. The van der Waals surface area contributed by atoms with Crippen LogP contribution in [0, 0.1) is 0 Å². The Morgan fingerprint density at radius 3 is 2.93 bits per heavy atom. The number of nitrogens with zero attached hydrogens (tertiary/aromatic N) is 2. The molecule has 0 spiro atoms. The van der Waals surface area contributed by atoms with Gasteiger partial charge in [-0.2, -0.15) is 4.98 Å². The van der Waals surface area contributed by atoms with Crippen LogP contribution in [0.1, 0.15) is 12.8 Å². The predicted octanol–water partition coefficient (Wildman–Crippen LogP) is 2.34. The molecule has 15 heavy (non-hydrogen) atoms. The Morgan fingerprint density at radius 1 is 1.40 bits per heavy atom. The first kappa shape index (κ1) is 9.71. The summed E-state index contributed by atoms with van der Waals surface area (Å²) in [6.45, 7) is 1.99. The van der Waals surface area contributed by atoms with E-state index in [-0.39, 0.29) is 0 Å². The molecule has 2 aromatic rings. The van der Waals surface area contributed by atoms with Crippen molar-refractivity contribution in [2.45, 2.75) is 13.3 Å². The minimum absolute atomic E-state index is 0.643. The molecule has 0 saturated carbocycles. The fourth-order valence-corrected chi connectivity index (χ4v) is 1.33. The summed E-state index contributed by atoms with van der Waals surface area (Å²) in [5.41, 5.74) is 2.00. The van der Waals surface area contributed by atoms with Gasteiger partial charge in [0, 0.05) is 24.7 Å². The molecule has 0 aliphatic rings. The third-order valence-corrected chi connectivity index (χ3v) is 2.18. The number of benzene rings is 1. The summed E-state index contributed by atoms with van der Waals surface area (Å²) in [6, 6.07) is 7.91. The molecule has 0 unspecified atom stereocenters. The minimum atomic E-state index is 0.643. The Morgan fingerprint density at radius 2 is 2.27 bits per heavy atom. The molecule has 1 aromatic heterocycles. The fourth-order valence-electron chi connectivity index (χ4n) is 1.33. The van der Waals surface area contributed by atoms with Crippen LogP contribution in [0.15, 0.2) is 28.8 Å². The maximum Gasteiger partial charge on any atom is 0.226 e. The Balaban J connectivity index is 2.35. The summed E-state index contributed by atoms with van der Waals surface area (Å²) in [6.07, 6.45) is 0.763. The van der Waals surface area contributed by atoms with E-state index in [1.807, 2.05) is 38.2 Å². The van der Waals surface area contributed by atoms with Crippen LogP contribution in [0.25, 0.3) is 11.4 Å². The number of hydrogen-bond acceptors (Lipinski definition) is 4. The molecular weight excluding hydrogens is 190 g/mol. The third-order valence-electron chi connectivity index (χ3n) is 2.18. The topological polar surface area (TPSA) is 51.0 Å². The first-order valence-corrected chi connectivity index (χ1v) is 4.94. The van der Waals surface area contributed by atoms with Gasteiger partial charge in [-0.05, 0) is 12.1 Å². The number of nitrogens with one attached hydrogen (secondary N) is 1. The van der Waals surface area contributed by atoms with Gasteiger partial charge in [0.25, 0.3) is 0 Å². The quantitative estimate of drug-likeness (QED) is 0.831. The largest absolute Gasteiger partial charge is 0.388 e. The molecule has 1 aromatic carbocycles. The molecule has 0 atom stereocenters. The van der Waals surface area contributed by atoms with E-state index < -0.39 is 0 Å². The maximum absolute atomic E-state index is 5.06. The van der Waals surface area contributed by atoms with Gasteiger partial charge < -0.3 is 9.84 Å². The molecule has 0 fully saturated rings. The zero-order chi connectivity index (χ0) is 10.7. The molecule has 0 aliphatic heterocycles. The van der Waals surface area contributed by atoms with E-state index in [4.69, 9.17) is 4.52 Å². The van der Waals surface area contributed by atoms with Crippen LogP contribution >= 0.6 is 0 Å². The zero-order valence-electron chi connectivity index (χ0n) is 8.82. The molecule has 0 amide bonds. The highest BCUT2D eigenvalue weighted by Crippen LogP contribution is 2.19. The second-order valence-electron chi connectivity index (χ2n) is 3.20. The van der Waals surface area contributed by atoms with Crippen molar-refractivity contribution in [1.82, 2.24) is 10.1 Å². The van der Waals surface area contributed by atoms with Crippen LogP contribution in [-0.4, -0.2) is 17.2 Å². The molecule has 2 rings (SSSR count). The second-order valence-corrected chi connectivity index (χ2v) is 3.20. The van der Waals surface area contributed by atoms with E-state index in [9.17, 15) is 0 Å². The van der Waals surface area contributed by atoms with Gasteiger partial charge in [0.2, 0.25) is 11.7 Å². The minimum Gasteiger partial charge on any atom is -0.388 e. The number of hydrogen-bond donors (Lipinski definition) is 1. The van der Waals surface area contributed by atoms with Gasteiger partial charge in [0.1, 0.15) is 0 Å². The SMILES string of the molecule is CCc1nc(-c2cccc(NC)c2)no1. The van der Waals surface area contributed by atoms with Crippen molar-refractivity contribution in [3.8, 4) is 11.4 Å². The van der Waals surface area contributed by atoms with E-state index in [0.29, 0.717) is 11.7 Å². The summed E-state index contributed by atoms with van der Waals surface area (Å²) in [5, 5.41) is 6.99. The van der Waals surface area contributed by atoms with E-state index in [1.54, 1.807) is 0 Å². The second kappa shape index (κ2) is 4.13. The highest BCUT2D eigenvalue weighted by atomic mass is 16.5. The van der Waals surface area contributed by atoms with Crippen LogP contribution in [0.4, 0.5) is 5.69 Å². The van der Waals surface area contributed by atoms with Crippen molar-refractivity contribution in [2.24, 2.45) is 0 Å². The molecule has 0 aliphatic carbocycles. The van der Waals surface area contributed by atoms with Gasteiger partial charge in [-0.1, -0.05) is 24.2 Å². The van der Waals surface area contributed by atoms with Crippen molar-refractivity contribution in [2.75, 3.05) is 12.4 Å². The number of anilines is 1. The standard InChI is InChI=1S/C11H13N3O/c1-3-10-13-11(14-15-10)8-5-4-6-9(7-8)12-2/h4-7,12H,3H2,1-2H3. The molecule has 4 nitrogen and oxygen atoms in total. The number of aryl methyl sites for hydroxylation is 1. The number of aromatic nitrogens is 2. The third kappa shape index (κ3) is 1.98. The Hall–Kier alpha value is -1.84. The monoisotopic (exact) mass is 203 g/mol. The van der Waals surface area contributed by atoms with Crippen LogP contribution in [0.2, 0.25) is 0 Å². The molecule has 4 heteroatoms. The summed E-state index contributed by atoms with van der Waals surface area (Å²) >= 11 is 0. The van der Waals surface area contributed by atoms with Crippen LogP contribution in [0.5, 0.6) is 0 Å². The lowest BCUT2D eigenvalue weighted by atomic mass is 10.2. The van der Waals surface area contributed by atoms with Crippen LogP contribution in [0.3, 0.4) is 0 Å². The Bertz CT molecular complexity index is 451. The molecule has 0 saturated heterocycles. The highest BCUT2D eigenvalue weighted by Gasteiger charge is 2.06. The zero-order valence-corrected chi connectivity index (χ0v) is 8.82. The smallest absolute Gasteiger partial charge is 0.226 e. The van der Waals surface area contributed by atoms with E-state index in [1.165, 1.54) is 0 Å². The van der Waals surface area contributed by atoms with Gasteiger partial charge in [-0.15, -0.1) is 0 Å². The first-order chi connectivity index (χ1) is 7.33. The van der Waals surface area contributed by atoms with E-state index in [0.717, 1.165) is 17.7 Å². The molecule has 1 heterocycles. The fraction of sp³-hybridized carbons (Fsp3) is 0.273. The van der Waals surface area contributed by atoms with Gasteiger partial charge in [-0.3, -0.25) is 0 Å². The molecular formula is C11H13N3O. The number of rotatable bonds is 3. The molecule has 0 bridgehead atoms. The lowest BCUT2D eigenvalue weighted by Gasteiger charge is -2.00. The van der Waals surface area contributed by atoms with Gasteiger partial charge >= 0.3 is 0 Å². The molecule has 1 N–H and O–H groups in total. The van der Waals surface area contributed by atoms with Crippen molar-refractivity contribution < 1.29 is 4.52 Å². The molecule has 78 valence electrons. The average molecular weight is 203 g/mol. The van der Waals surface area contributed by atoms with Crippen LogP contribution in [-0.2, 0) is 6.42 Å². The van der Waals surface area contributed by atoms with Crippen molar-refractivity contribution >= 4 is 5.69 Å². The highest BCUT2D eigenvalue weighted by molar-refractivity contribution is 5.61. The van der Waals surface area contributed by atoms with Gasteiger partial charge in [-0.25, -0.2) is 0 Å². The van der Waals surface area contributed by atoms with Crippen molar-refractivity contribution in [3.63, 3.8) is 0 Å². The van der Waals surface area contributed by atoms with E-state index in [2.05, 4.69) is 15.5 Å². The predicted molar refractivity (Wildman–Crippen MR) is 58.7 cm³/mol. The van der Waals surface area contributed by atoms with Crippen molar-refractivity contribution in [1.29, 1.82) is 0 Å². The van der Waals surface area contributed by atoms with Gasteiger partial charge in [0.05, 0.1) is 0 Å². The maximum atomic E-state index is 5.06.